The van der Waals surface area contributed by atoms with Crippen LogP contribution >= 0.6 is 7.60 Å². The van der Waals surface area contributed by atoms with E-state index in [-0.39, 0.29) is 18.8 Å². The number of hydrogen-bond donors (Lipinski definition) is 5. The largest absolute Gasteiger partial charge is 0.394 e. The van der Waals surface area contributed by atoms with Gasteiger partial charge in [-0.15, -0.1) is 0 Å². The van der Waals surface area contributed by atoms with Crippen molar-refractivity contribution < 1.29 is 29.3 Å². The highest BCUT2D eigenvalue weighted by Crippen LogP contribution is 2.27. The van der Waals surface area contributed by atoms with Crippen molar-refractivity contribution in [2.24, 2.45) is 0 Å². The molecule has 0 amide bonds. The molecule has 1 aromatic rings. The zero-order chi connectivity index (χ0) is 16.2. The molecule has 21 heavy (non-hydrogen) atoms. The normalized spacial score (nSPS) is 25.3. The first-order chi connectivity index (χ1) is 9.61. The Balaban J connectivity index is 0.000000383. The number of aliphatic hydroxyl groups is 2. The summed E-state index contributed by atoms with van der Waals surface area (Å²) in [5, 5.41) is 18.4. The van der Waals surface area contributed by atoms with E-state index in [1.165, 1.54) is 16.8 Å². The lowest BCUT2D eigenvalue weighted by molar-refractivity contribution is -0.0458. The number of nitrogen functional groups attached to an aromatic ring is 1. The molecule has 0 bridgehead atoms. The van der Waals surface area contributed by atoms with E-state index in [0.717, 1.165) is 6.66 Å². The molecule has 0 spiro atoms. The highest BCUT2D eigenvalue weighted by molar-refractivity contribution is 7.50. The van der Waals surface area contributed by atoms with E-state index in [9.17, 15) is 14.5 Å². The molecular formula is C10H18N3O7P. The van der Waals surface area contributed by atoms with Gasteiger partial charge in [0, 0.05) is 19.3 Å². The standard InChI is InChI=1S/C9H13N3O4.CH5O3P/c10-7-1-2-12(9(15)11-7)8-3-5(14)6(4-13)16-8;1-5(2,3)4/h1-2,5-6,8,13-14H,3-4H2,(H2,10,11,15);1H3,(H2,2,3,4)/t5-,6+,8+;/m0./s1. The predicted octanol–water partition coefficient (Wildman–Crippen LogP) is -1.74. The fourth-order valence-electron chi connectivity index (χ4n) is 1.70. The minimum atomic E-state index is -3.64. The lowest BCUT2D eigenvalue weighted by atomic mass is 10.2. The molecule has 120 valence electrons. The van der Waals surface area contributed by atoms with E-state index in [1.807, 2.05) is 0 Å². The Morgan fingerprint density at radius 2 is 2.14 bits per heavy atom. The first-order valence-corrected chi connectivity index (χ1v) is 8.00. The molecule has 1 aromatic heterocycles. The van der Waals surface area contributed by atoms with Gasteiger partial charge < -0.3 is 30.5 Å². The Labute approximate surface area is 120 Å². The fraction of sp³-hybridized carbons (Fsp3) is 0.600. The van der Waals surface area contributed by atoms with Crippen LogP contribution in [0.5, 0.6) is 0 Å². The maximum Gasteiger partial charge on any atom is 0.351 e. The molecular weight excluding hydrogens is 305 g/mol. The molecule has 2 rings (SSSR count). The summed E-state index contributed by atoms with van der Waals surface area (Å²) in [5.41, 5.74) is 4.82. The number of ether oxygens (including phenoxy) is 1. The molecule has 2 heterocycles. The zero-order valence-electron chi connectivity index (χ0n) is 11.2. The van der Waals surface area contributed by atoms with Crippen LogP contribution < -0.4 is 11.4 Å². The average molecular weight is 323 g/mol. The van der Waals surface area contributed by atoms with Gasteiger partial charge in [0.15, 0.2) is 0 Å². The maximum absolute atomic E-state index is 11.5. The molecule has 1 fully saturated rings. The average Bonchev–Trinajstić information content (AvgIpc) is 2.68. The molecule has 1 saturated heterocycles. The summed E-state index contributed by atoms with van der Waals surface area (Å²) in [7, 11) is -3.64. The van der Waals surface area contributed by atoms with Gasteiger partial charge in [0.2, 0.25) is 0 Å². The van der Waals surface area contributed by atoms with Gasteiger partial charge in [-0.05, 0) is 6.07 Å². The molecule has 3 atom stereocenters. The highest BCUT2D eigenvalue weighted by atomic mass is 31.2. The Morgan fingerprint density at radius 1 is 1.57 bits per heavy atom. The Bertz CT molecular complexity index is 564. The van der Waals surface area contributed by atoms with E-state index in [0.29, 0.717) is 0 Å². The highest BCUT2D eigenvalue weighted by Gasteiger charge is 2.34. The van der Waals surface area contributed by atoms with Crippen molar-refractivity contribution in [3.8, 4) is 0 Å². The number of nitrogens with two attached hydrogens (primary N) is 1. The van der Waals surface area contributed by atoms with Gasteiger partial charge >= 0.3 is 13.3 Å². The van der Waals surface area contributed by atoms with E-state index in [1.54, 1.807) is 0 Å². The Hall–Kier alpha value is -1.29. The van der Waals surface area contributed by atoms with Crippen molar-refractivity contribution in [1.82, 2.24) is 9.55 Å². The zero-order valence-corrected chi connectivity index (χ0v) is 12.1. The van der Waals surface area contributed by atoms with Gasteiger partial charge in [0.25, 0.3) is 0 Å². The second kappa shape index (κ2) is 7.12. The van der Waals surface area contributed by atoms with Crippen LogP contribution in [0.4, 0.5) is 5.82 Å². The van der Waals surface area contributed by atoms with E-state index in [4.69, 9.17) is 25.4 Å². The van der Waals surface area contributed by atoms with E-state index in [2.05, 4.69) is 4.98 Å². The number of anilines is 1. The van der Waals surface area contributed by atoms with E-state index < -0.39 is 31.7 Å². The van der Waals surface area contributed by atoms with Crippen LogP contribution in [0, 0.1) is 0 Å². The molecule has 0 radical (unpaired) electrons. The number of aromatic nitrogens is 2. The van der Waals surface area contributed by atoms with Gasteiger partial charge in [-0.1, -0.05) is 0 Å². The van der Waals surface area contributed by atoms with Gasteiger partial charge in [-0.3, -0.25) is 9.13 Å². The van der Waals surface area contributed by atoms with Crippen LogP contribution in [0.2, 0.25) is 0 Å². The van der Waals surface area contributed by atoms with Crippen molar-refractivity contribution >= 4 is 13.4 Å². The van der Waals surface area contributed by atoms with E-state index >= 15 is 0 Å². The topological polar surface area (TPSA) is 168 Å². The van der Waals surface area contributed by atoms with Crippen LogP contribution in [-0.2, 0) is 9.30 Å². The van der Waals surface area contributed by atoms with Gasteiger partial charge in [0.1, 0.15) is 18.1 Å². The SMILES string of the molecule is CP(=O)(O)O.Nc1ccn([C@H]2C[C@H](O)[C@@H](CO)O2)c(=O)n1. The van der Waals surface area contributed by atoms with Gasteiger partial charge in [0.05, 0.1) is 12.7 Å². The summed E-state index contributed by atoms with van der Waals surface area (Å²) in [5.74, 6) is 0.138. The second-order valence-corrected chi connectivity index (χ2v) is 6.16. The second-order valence-electron chi connectivity index (χ2n) is 4.49. The van der Waals surface area contributed by atoms with Crippen molar-refractivity contribution in [2.75, 3.05) is 19.0 Å². The van der Waals surface area contributed by atoms with Crippen LogP contribution in [0.3, 0.4) is 0 Å². The lowest BCUT2D eigenvalue weighted by Crippen LogP contribution is -2.27. The first kappa shape index (κ1) is 17.8. The number of nitrogens with zero attached hydrogens (tertiary/aromatic N) is 2. The van der Waals surface area contributed by atoms with Crippen molar-refractivity contribution in [3.05, 3.63) is 22.7 Å². The predicted molar refractivity (Wildman–Crippen MR) is 72.5 cm³/mol. The minimum Gasteiger partial charge on any atom is -0.394 e. The van der Waals surface area contributed by atoms with Crippen molar-refractivity contribution in [2.45, 2.75) is 24.9 Å². The Kier molecular flexibility index (Phi) is 6.02. The number of hydrogen-bond acceptors (Lipinski definition) is 7. The number of rotatable bonds is 2. The summed E-state index contributed by atoms with van der Waals surface area (Å²) >= 11 is 0. The molecule has 0 aromatic carbocycles. The van der Waals surface area contributed by atoms with Crippen molar-refractivity contribution in [3.63, 3.8) is 0 Å². The molecule has 1 aliphatic heterocycles. The summed E-state index contributed by atoms with van der Waals surface area (Å²) < 4.78 is 15.9. The maximum atomic E-state index is 11.5. The van der Waals surface area contributed by atoms with Gasteiger partial charge in [-0.2, -0.15) is 4.98 Å². The van der Waals surface area contributed by atoms with Crippen LogP contribution in [-0.4, -0.2) is 55.0 Å². The fourth-order valence-corrected chi connectivity index (χ4v) is 1.70. The van der Waals surface area contributed by atoms with Crippen LogP contribution in [0.25, 0.3) is 0 Å². The molecule has 10 nitrogen and oxygen atoms in total. The van der Waals surface area contributed by atoms with Gasteiger partial charge in [-0.25, -0.2) is 4.79 Å². The smallest absolute Gasteiger partial charge is 0.351 e. The van der Waals surface area contributed by atoms with Crippen LogP contribution in [0.1, 0.15) is 12.6 Å². The molecule has 0 saturated carbocycles. The third-order valence-corrected chi connectivity index (χ3v) is 2.55. The third-order valence-electron chi connectivity index (χ3n) is 2.55. The third kappa shape index (κ3) is 5.92. The molecule has 11 heteroatoms. The quantitative estimate of drug-likeness (QED) is 0.397. The molecule has 0 aliphatic carbocycles. The summed E-state index contributed by atoms with van der Waals surface area (Å²) in [6.07, 6.45) is -0.333. The summed E-state index contributed by atoms with van der Waals surface area (Å²) in [4.78, 5) is 30.3. The van der Waals surface area contributed by atoms with Crippen LogP contribution in [0.15, 0.2) is 17.1 Å². The minimum absolute atomic E-state index is 0.138. The summed E-state index contributed by atoms with van der Waals surface area (Å²) in [6.45, 7) is 0.571. The number of aliphatic hydroxyl groups excluding tert-OH is 2. The first-order valence-electron chi connectivity index (χ1n) is 5.94. The Morgan fingerprint density at radius 3 is 2.57 bits per heavy atom. The lowest BCUT2D eigenvalue weighted by Gasteiger charge is -2.13. The monoisotopic (exact) mass is 323 g/mol. The molecule has 6 N–H and O–H groups in total. The molecule has 0 unspecified atom stereocenters. The van der Waals surface area contributed by atoms with Crippen molar-refractivity contribution in [1.29, 1.82) is 0 Å². The summed E-state index contributed by atoms with van der Waals surface area (Å²) in [6, 6.07) is 1.48. The molecule has 1 aliphatic rings.